The Morgan fingerprint density at radius 1 is 1.12 bits per heavy atom. The summed E-state index contributed by atoms with van der Waals surface area (Å²) in [5.41, 5.74) is -0.319. The topological polar surface area (TPSA) is 51.1 Å². The summed E-state index contributed by atoms with van der Waals surface area (Å²) in [5.74, 6) is -1.96. The van der Waals surface area contributed by atoms with Crippen molar-refractivity contribution >= 4 is 16.7 Å². The highest BCUT2D eigenvalue weighted by Crippen LogP contribution is 2.19. The largest absolute Gasteiger partial charge is 0.352 e. The monoisotopic (exact) mass is 356 g/mol. The lowest BCUT2D eigenvalue weighted by molar-refractivity contribution is 0.0954. The molecule has 0 aliphatic heterocycles. The Kier molecular flexibility index (Phi) is 5.11. The SMILES string of the molecule is CCCCNC(=O)c1cn(-c2ccc(F)cc2F)c(=O)c2ccccc12. The van der Waals surface area contributed by atoms with Gasteiger partial charge < -0.3 is 5.32 Å². The Morgan fingerprint density at radius 3 is 2.54 bits per heavy atom. The molecule has 26 heavy (non-hydrogen) atoms. The van der Waals surface area contributed by atoms with Crippen molar-refractivity contribution in [3.8, 4) is 5.69 Å². The van der Waals surface area contributed by atoms with Gasteiger partial charge in [-0.2, -0.15) is 0 Å². The van der Waals surface area contributed by atoms with Crippen LogP contribution in [0.15, 0.2) is 53.5 Å². The first kappa shape index (κ1) is 17.8. The third-order valence-electron chi connectivity index (χ3n) is 4.15. The number of nitrogens with zero attached hydrogens (tertiary/aromatic N) is 1. The van der Waals surface area contributed by atoms with Crippen LogP contribution in [-0.2, 0) is 0 Å². The quantitative estimate of drug-likeness (QED) is 0.707. The number of carbonyl (C=O) groups is 1. The molecule has 0 unspecified atom stereocenters. The van der Waals surface area contributed by atoms with E-state index >= 15 is 0 Å². The van der Waals surface area contributed by atoms with Crippen molar-refractivity contribution in [2.45, 2.75) is 19.8 Å². The smallest absolute Gasteiger partial charge is 0.263 e. The molecule has 6 heteroatoms. The molecular formula is C20H18F2N2O2. The van der Waals surface area contributed by atoms with Crippen LogP contribution in [0.1, 0.15) is 30.1 Å². The maximum Gasteiger partial charge on any atom is 0.263 e. The lowest BCUT2D eigenvalue weighted by Gasteiger charge is -2.13. The molecule has 0 aliphatic rings. The van der Waals surface area contributed by atoms with Crippen LogP contribution in [0.3, 0.4) is 0 Å². The number of carbonyl (C=O) groups excluding carboxylic acids is 1. The Hall–Kier alpha value is -3.02. The van der Waals surface area contributed by atoms with Crippen LogP contribution >= 0.6 is 0 Å². The van der Waals surface area contributed by atoms with E-state index in [0.29, 0.717) is 23.4 Å². The lowest BCUT2D eigenvalue weighted by atomic mass is 10.1. The molecule has 0 bridgehead atoms. The Morgan fingerprint density at radius 2 is 1.85 bits per heavy atom. The van der Waals surface area contributed by atoms with Gasteiger partial charge in [-0.05, 0) is 24.6 Å². The maximum absolute atomic E-state index is 14.2. The van der Waals surface area contributed by atoms with E-state index in [2.05, 4.69) is 5.32 Å². The zero-order valence-corrected chi connectivity index (χ0v) is 14.3. The molecular weight excluding hydrogens is 338 g/mol. The van der Waals surface area contributed by atoms with Crippen LogP contribution < -0.4 is 10.9 Å². The summed E-state index contributed by atoms with van der Waals surface area (Å²) in [6.07, 6.45) is 3.07. The fourth-order valence-corrected chi connectivity index (χ4v) is 2.80. The minimum atomic E-state index is -0.875. The van der Waals surface area contributed by atoms with Gasteiger partial charge in [0.2, 0.25) is 0 Å². The molecule has 0 fully saturated rings. The number of pyridine rings is 1. The van der Waals surface area contributed by atoms with E-state index in [1.807, 2.05) is 6.92 Å². The number of nitrogens with one attached hydrogen (secondary N) is 1. The minimum Gasteiger partial charge on any atom is -0.352 e. The summed E-state index contributed by atoms with van der Waals surface area (Å²) in [7, 11) is 0. The fourth-order valence-electron chi connectivity index (χ4n) is 2.80. The van der Waals surface area contributed by atoms with E-state index in [-0.39, 0.29) is 17.2 Å². The molecule has 0 radical (unpaired) electrons. The molecule has 4 nitrogen and oxygen atoms in total. The Balaban J connectivity index is 2.20. The summed E-state index contributed by atoms with van der Waals surface area (Å²) in [6.45, 7) is 2.52. The van der Waals surface area contributed by atoms with Gasteiger partial charge in [-0.1, -0.05) is 31.5 Å². The molecule has 1 amide bonds. The third-order valence-corrected chi connectivity index (χ3v) is 4.15. The van der Waals surface area contributed by atoms with E-state index in [0.717, 1.165) is 23.5 Å². The zero-order chi connectivity index (χ0) is 18.7. The van der Waals surface area contributed by atoms with Gasteiger partial charge in [-0.25, -0.2) is 8.78 Å². The first-order valence-electron chi connectivity index (χ1n) is 8.41. The second-order valence-electron chi connectivity index (χ2n) is 5.97. The van der Waals surface area contributed by atoms with Crippen molar-refractivity contribution in [2.24, 2.45) is 0 Å². The number of halogens is 2. The summed E-state index contributed by atoms with van der Waals surface area (Å²) in [5, 5.41) is 3.59. The molecule has 0 aliphatic carbocycles. The van der Waals surface area contributed by atoms with Crippen LogP contribution in [-0.4, -0.2) is 17.0 Å². The molecule has 0 saturated heterocycles. The van der Waals surface area contributed by atoms with Gasteiger partial charge in [0.05, 0.1) is 11.3 Å². The van der Waals surface area contributed by atoms with Gasteiger partial charge in [0.1, 0.15) is 11.6 Å². The highest BCUT2D eigenvalue weighted by Gasteiger charge is 2.17. The average Bonchev–Trinajstić information content (AvgIpc) is 2.63. The number of fused-ring (bicyclic) bond motifs is 1. The van der Waals surface area contributed by atoms with Crippen molar-refractivity contribution in [3.05, 3.63) is 76.2 Å². The van der Waals surface area contributed by atoms with Gasteiger partial charge in [0, 0.05) is 29.6 Å². The number of rotatable bonds is 5. The molecule has 1 heterocycles. The molecule has 2 aromatic carbocycles. The van der Waals surface area contributed by atoms with E-state index in [1.165, 1.54) is 12.3 Å². The van der Waals surface area contributed by atoms with Gasteiger partial charge in [-0.15, -0.1) is 0 Å². The number of hydrogen-bond donors (Lipinski definition) is 1. The van der Waals surface area contributed by atoms with Crippen LogP contribution in [0.5, 0.6) is 0 Å². The van der Waals surface area contributed by atoms with Crippen LogP contribution in [0.25, 0.3) is 16.5 Å². The molecule has 0 atom stereocenters. The maximum atomic E-state index is 14.2. The first-order valence-corrected chi connectivity index (χ1v) is 8.41. The number of unbranched alkanes of at least 4 members (excludes halogenated alkanes) is 1. The highest BCUT2D eigenvalue weighted by atomic mass is 19.1. The van der Waals surface area contributed by atoms with Gasteiger partial charge in [0.15, 0.2) is 0 Å². The summed E-state index contributed by atoms with van der Waals surface area (Å²) in [6, 6.07) is 9.62. The molecule has 0 spiro atoms. The van der Waals surface area contributed by atoms with E-state index < -0.39 is 17.2 Å². The number of benzene rings is 2. The molecule has 3 rings (SSSR count). The summed E-state index contributed by atoms with van der Waals surface area (Å²) >= 11 is 0. The molecule has 1 N–H and O–H groups in total. The zero-order valence-electron chi connectivity index (χ0n) is 14.3. The van der Waals surface area contributed by atoms with Gasteiger partial charge >= 0.3 is 0 Å². The average molecular weight is 356 g/mol. The van der Waals surface area contributed by atoms with Crippen LogP contribution in [0.2, 0.25) is 0 Å². The second kappa shape index (κ2) is 7.47. The lowest BCUT2D eigenvalue weighted by Crippen LogP contribution is -2.28. The Labute approximate surface area is 149 Å². The third kappa shape index (κ3) is 3.35. The number of amides is 1. The molecule has 134 valence electrons. The van der Waals surface area contributed by atoms with Gasteiger partial charge in [0.25, 0.3) is 11.5 Å². The van der Waals surface area contributed by atoms with Crippen molar-refractivity contribution in [3.63, 3.8) is 0 Å². The molecule has 3 aromatic rings. The number of hydrogen-bond acceptors (Lipinski definition) is 2. The highest BCUT2D eigenvalue weighted by molar-refractivity contribution is 6.06. The second-order valence-corrected chi connectivity index (χ2v) is 5.97. The predicted molar refractivity (Wildman–Crippen MR) is 96.7 cm³/mol. The van der Waals surface area contributed by atoms with Crippen molar-refractivity contribution in [1.29, 1.82) is 0 Å². The Bertz CT molecular complexity index is 1030. The van der Waals surface area contributed by atoms with Crippen molar-refractivity contribution in [1.82, 2.24) is 9.88 Å². The van der Waals surface area contributed by atoms with Crippen molar-refractivity contribution < 1.29 is 13.6 Å². The normalized spacial score (nSPS) is 10.9. The molecule has 1 aromatic heterocycles. The number of aromatic nitrogens is 1. The van der Waals surface area contributed by atoms with Gasteiger partial charge in [-0.3, -0.25) is 14.2 Å². The van der Waals surface area contributed by atoms with Crippen molar-refractivity contribution in [2.75, 3.05) is 6.54 Å². The summed E-state index contributed by atoms with van der Waals surface area (Å²) < 4.78 is 28.5. The van der Waals surface area contributed by atoms with Crippen LogP contribution in [0.4, 0.5) is 8.78 Å². The molecule has 0 saturated carbocycles. The van der Waals surface area contributed by atoms with E-state index in [1.54, 1.807) is 24.3 Å². The standard InChI is InChI=1S/C20H18F2N2O2/c1-2-3-10-23-19(25)16-12-24(18-9-8-13(21)11-17(18)22)20(26)15-7-5-4-6-14(15)16/h4-9,11-12H,2-3,10H2,1H3,(H,23,25). The first-order chi connectivity index (χ1) is 12.5. The minimum absolute atomic E-state index is 0.107. The summed E-state index contributed by atoms with van der Waals surface area (Å²) in [4.78, 5) is 25.4. The van der Waals surface area contributed by atoms with Crippen LogP contribution in [0, 0.1) is 11.6 Å². The van der Waals surface area contributed by atoms with E-state index in [9.17, 15) is 18.4 Å². The van der Waals surface area contributed by atoms with E-state index in [4.69, 9.17) is 0 Å². The fraction of sp³-hybridized carbons (Fsp3) is 0.200. The predicted octanol–water partition coefficient (Wildman–Crippen LogP) is 3.80.